The zero-order chi connectivity index (χ0) is 20.1. The van der Waals surface area contributed by atoms with Gasteiger partial charge >= 0.3 is 12.2 Å². The van der Waals surface area contributed by atoms with Crippen molar-refractivity contribution in [2.24, 2.45) is 0 Å². The third-order valence-corrected chi connectivity index (χ3v) is 4.94. The number of amides is 2. The third kappa shape index (κ3) is 5.87. The van der Waals surface area contributed by atoms with Crippen LogP contribution in [-0.2, 0) is 12.7 Å². The van der Waals surface area contributed by atoms with Gasteiger partial charge in [-0.1, -0.05) is 29.8 Å². The number of carbonyl (C=O) groups is 1. The molecule has 0 aromatic heterocycles. The summed E-state index contributed by atoms with van der Waals surface area (Å²) in [5.74, 6) is 0. The lowest BCUT2D eigenvalue weighted by Gasteiger charge is -2.32. The van der Waals surface area contributed by atoms with E-state index < -0.39 is 17.8 Å². The molecule has 1 heterocycles. The fraction of sp³-hybridized carbons (Fsp3) is 0.350. The van der Waals surface area contributed by atoms with E-state index >= 15 is 0 Å². The summed E-state index contributed by atoms with van der Waals surface area (Å²) in [5, 5.41) is 6.03. The lowest BCUT2D eigenvalue weighted by atomic mass is 10.0. The summed E-state index contributed by atoms with van der Waals surface area (Å²) in [4.78, 5) is 14.4. The van der Waals surface area contributed by atoms with Gasteiger partial charge in [0.25, 0.3) is 0 Å². The van der Waals surface area contributed by atoms with Crippen molar-refractivity contribution in [1.29, 1.82) is 0 Å². The molecule has 1 aliphatic heterocycles. The van der Waals surface area contributed by atoms with Gasteiger partial charge in [0.1, 0.15) is 0 Å². The first-order valence-corrected chi connectivity index (χ1v) is 9.39. The van der Waals surface area contributed by atoms with Crippen LogP contribution in [0.15, 0.2) is 48.5 Å². The van der Waals surface area contributed by atoms with Crippen molar-refractivity contribution in [2.45, 2.75) is 31.6 Å². The summed E-state index contributed by atoms with van der Waals surface area (Å²) < 4.78 is 38.3. The fourth-order valence-corrected chi connectivity index (χ4v) is 3.34. The molecule has 3 rings (SSSR count). The van der Waals surface area contributed by atoms with Gasteiger partial charge in [0.05, 0.1) is 5.56 Å². The number of halogens is 4. The number of likely N-dealkylation sites (tertiary alicyclic amines) is 1. The normalized spacial score (nSPS) is 16.0. The molecule has 1 saturated heterocycles. The number of benzene rings is 2. The Morgan fingerprint density at radius 3 is 2.43 bits per heavy atom. The van der Waals surface area contributed by atoms with Crippen LogP contribution in [0, 0.1) is 0 Å². The Labute approximate surface area is 166 Å². The number of hydrogen-bond acceptors (Lipinski definition) is 2. The molecule has 8 heteroatoms. The number of urea groups is 1. The summed E-state index contributed by atoms with van der Waals surface area (Å²) in [7, 11) is 0. The standard InChI is InChI=1S/C20H21ClF3N3O/c21-16-6-4-14(5-7-16)13-27-10-8-17(9-11-27)25-19(28)26-18-3-1-2-15(12-18)20(22,23)24/h1-7,12,17H,8-11,13H2,(H2,25,26,28). The second-order valence-electron chi connectivity index (χ2n) is 6.85. The van der Waals surface area contributed by atoms with Crippen molar-refractivity contribution in [3.05, 3.63) is 64.7 Å². The minimum absolute atomic E-state index is 0.00716. The van der Waals surface area contributed by atoms with E-state index in [0.717, 1.165) is 44.6 Å². The van der Waals surface area contributed by atoms with Crippen molar-refractivity contribution >= 4 is 23.3 Å². The van der Waals surface area contributed by atoms with Crippen molar-refractivity contribution < 1.29 is 18.0 Å². The number of nitrogens with zero attached hydrogens (tertiary/aromatic N) is 1. The van der Waals surface area contributed by atoms with Crippen LogP contribution in [0.5, 0.6) is 0 Å². The summed E-state index contributed by atoms with van der Waals surface area (Å²) in [5.41, 5.74) is 0.506. The Morgan fingerprint density at radius 2 is 1.79 bits per heavy atom. The quantitative estimate of drug-likeness (QED) is 0.731. The lowest BCUT2D eigenvalue weighted by Crippen LogP contribution is -2.45. The van der Waals surface area contributed by atoms with Gasteiger partial charge in [0, 0.05) is 36.4 Å². The summed E-state index contributed by atoms with van der Waals surface area (Å²) in [6.45, 7) is 2.48. The van der Waals surface area contributed by atoms with Crippen LogP contribution in [-0.4, -0.2) is 30.1 Å². The van der Waals surface area contributed by atoms with Crippen molar-refractivity contribution in [2.75, 3.05) is 18.4 Å². The van der Waals surface area contributed by atoms with Crippen molar-refractivity contribution in [3.63, 3.8) is 0 Å². The second kappa shape index (κ2) is 8.84. The van der Waals surface area contributed by atoms with Crippen LogP contribution < -0.4 is 10.6 Å². The zero-order valence-electron chi connectivity index (χ0n) is 15.1. The summed E-state index contributed by atoms with van der Waals surface area (Å²) in [6, 6.07) is 11.8. The summed E-state index contributed by atoms with van der Waals surface area (Å²) >= 11 is 5.90. The lowest BCUT2D eigenvalue weighted by molar-refractivity contribution is -0.137. The zero-order valence-corrected chi connectivity index (χ0v) is 15.9. The summed E-state index contributed by atoms with van der Waals surface area (Å²) in [6.07, 6.45) is -2.88. The predicted octanol–water partition coefficient (Wildman–Crippen LogP) is 5.14. The van der Waals surface area contributed by atoms with Gasteiger partial charge in [-0.15, -0.1) is 0 Å². The predicted molar refractivity (Wildman–Crippen MR) is 103 cm³/mol. The molecule has 2 amide bonds. The van der Waals surface area contributed by atoms with E-state index in [1.165, 1.54) is 17.7 Å². The Hall–Kier alpha value is -2.25. The number of anilines is 1. The molecule has 0 atom stereocenters. The minimum Gasteiger partial charge on any atom is -0.335 e. The molecule has 0 aliphatic carbocycles. The van der Waals surface area contributed by atoms with Crippen molar-refractivity contribution in [1.82, 2.24) is 10.2 Å². The largest absolute Gasteiger partial charge is 0.416 e. The SMILES string of the molecule is O=C(Nc1cccc(C(F)(F)F)c1)NC1CCN(Cc2ccc(Cl)cc2)CC1. The first-order chi connectivity index (χ1) is 13.3. The molecule has 0 unspecified atom stereocenters. The van der Waals surface area contributed by atoms with E-state index in [1.807, 2.05) is 24.3 Å². The van der Waals surface area contributed by atoms with E-state index in [9.17, 15) is 18.0 Å². The molecule has 2 N–H and O–H groups in total. The molecule has 0 bridgehead atoms. The van der Waals surface area contributed by atoms with E-state index in [4.69, 9.17) is 11.6 Å². The topological polar surface area (TPSA) is 44.4 Å². The van der Waals surface area contributed by atoms with Crippen LogP contribution in [0.25, 0.3) is 0 Å². The molecular weight excluding hydrogens is 391 g/mol. The molecule has 2 aromatic rings. The number of nitrogens with one attached hydrogen (secondary N) is 2. The maximum absolute atomic E-state index is 12.8. The third-order valence-electron chi connectivity index (χ3n) is 4.69. The van der Waals surface area contributed by atoms with Gasteiger partial charge in [0.2, 0.25) is 0 Å². The van der Waals surface area contributed by atoms with Gasteiger partial charge in [0.15, 0.2) is 0 Å². The number of piperidine rings is 1. The van der Waals surface area contributed by atoms with Gasteiger partial charge in [-0.3, -0.25) is 4.90 Å². The molecule has 2 aromatic carbocycles. The monoisotopic (exact) mass is 411 g/mol. The Bertz CT molecular complexity index is 803. The average molecular weight is 412 g/mol. The average Bonchev–Trinajstić information content (AvgIpc) is 2.65. The molecular formula is C20H21ClF3N3O. The first-order valence-electron chi connectivity index (χ1n) is 9.01. The highest BCUT2D eigenvalue weighted by Gasteiger charge is 2.30. The number of carbonyl (C=O) groups excluding carboxylic acids is 1. The van der Waals surface area contributed by atoms with Crippen LogP contribution in [0.3, 0.4) is 0 Å². The molecule has 1 fully saturated rings. The maximum Gasteiger partial charge on any atom is 0.416 e. The van der Waals surface area contributed by atoms with Gasteiger partial charge in [-0.2, -0.15) is 13.2 Å². The smallest absolute Gasteiger partial charge is 0.335 e. The minimum atomic E-state index is -4.44. The molecule has 0 saturated carbocycles. The molecule has 1 aliphatic rings. The Balaban J connectivity index is 1.45. The number of rotatable bonds is 4. The van der Waals surface area contributed by atoms with Crippen LogP contribution in [0.4, 0.5) is 23.7 Å². The Kier molecular flexibility index (Phi) is 6.46. The molecule has 150 valence electrons. The van der Waals surface area contributed by atoms with Crippen molar-refractivity contribution in [3.8, 4) is 0 Å². The second-order valence-corrected chi connectivity index (χ2v) is 7.29. The highest BCUT2D eigenvalue weighted by molar-refractivity contribution is 6.30. The van der Waals surface area contributed by atoms with E-state index in [0.29, 0.717) is 5.02 Å². The molecule has 0 spiro atoms. The highest BCUT2D eigenvalue weighted by atomic mass is 35.5. The number of alkyl halides is 3. The van der Waals surface area contributed by atoms with Crippen LogP contribution in [0.2, 0.25) is 5.02 Å². The fourth-order valence-electron chi connectivity index (χ4n) is 3.21. The van der Waals surface area contributed by atoms with Crippen LogP contribution >= 0.6 is 11.6 Å². The molecule has 28 heavy (non-hydrogen) atoms. The van der Waals surface area contributed by atoms with Crippen LogP contribution in [0.1, 0.15) is 24.0 Å². The van der Waals surface area contributed by atoms with E-state index in [-0.39, 0.29) is 11.7 Å². The maximum atomic E-state index is 12.8. The molecule has 4 nitrogen and oxygen atoms in total. The molecule has 0 radical (unpaired) electrons. The highest BCUT2D eigenvalue weighted by Crippen LogP contribution is 2.30. The van der Waals surface area contributed by atoms with Gasteiger partial charge in [-0.05, 0) is 48.7 Å². The van der Waals surface area contributed by atoms with Gasteiger partial charge < -0.3 is 10.6 Å². The Morgan fingerprint density at radius 1 is 1.11 bits per heavy atom. The first kappa shape index (κ1) is 20.5. The van der Waals surface area contributed by atoms with E-state index in [1.54, 1.807) is 0 Å². The van der Waals surface area contributed by atoms with Gasteiger partial charge in [-0.25, -0.2) is 4.79 Å². The van der Waals surface area contributed by atoms with E-state index in [2.05, 4.69) is 15.5 Å². The number of hydrogen-bond donors (Lipinski definition) is 2.